The first kappa shape index (κ1) is 13.7. The van der Waals surface area contributed by atoms with Crippen molar-refractivity contribution >= 4 is 6.03 Å². The lowest BCUT2D eigenvalue weighted by Gasteiger charge is -2.41. The number of hydrogen-bond acceptors (Lipinski definition) is 2. The Morgan fingerprint density at radius 1 is 1.22 bits per heavy atom. The Morgan fingerprint density at radius 2 is 2.00 bits per heavy atom. The largest absolute Gasteiger partial charge is 0.381 e. The number of amides is 2. The van der Waals surface area contributed by atoms with Crippen LogP contribution in [0.15, 0.2) is 0 Å². The molecule has 2 saturated heterocycles. The standard InChI is InChI=1S/C14H26N2O2/c1-11-5-4-7-15(10-11)14(17)16-8-6-13(18-3)9-12(16)2/h11-13H,4-10H2,1-3H3. The molecule has 2 heterocycles. The van der Waals surface area contributed by atoms with Gasteiger partial charge >= 0.3 is 6.03 Å². The lowest BCUT2D eigenvalue weighted by Crippen LogP contribution is -2.53. The number of carbonyl (C=O) groups is 1. The molecule has 2 aliphatic rings. The number of urea groups is 1. The molecule has 2 fully saturated rings. The van der Waals surface area contributed by atoms with Gasteiger partial charge in [0.25, 0.3) is 0 Å². The van der Waals surface area contributed by atoms with Crippen molar-refractivity contribution in [3.8, 4) is 0 Å². The first-order valence-corrected chi connectivity index (χ1v) is 7.20. The third-order valence-corrected chi connectivity index (χ3v) is 4.33. The van der Waals surface area contributed by atoms with Crippen molar-refractivity contribution in [1.29, 1.82) is 0 Å². The quantitative estimate of drug-likeness (QED) is 0.719. The van der Waals surface area contributed by atoms with Crippen molar-refractivity contribution in [3.63, 3.8) is 0 Å². The van der Waals surface area contributed by atoms with E-state index in [2.05, 4.69) is 13.8 Å². The van der Waals surface area contributed by atoms with Crippen LogP contribution in [0.25, 0.3) is 0 Å². The topological polar surface area (TPSA) is 32.8 Å². The van der Waals surface area contributed by atoms with E-state index in [-0.39, 0.29) is 6.03 Å². The van der Waals surface area contributed by atoms with Gasteiger partial charge in [-0.3, -0.25) is 0 Å². The highest BCUT2D eigenvalue weighted by atomic mass is 16.5. The Kier molecular flexibility index (Phi) is 4.49. The molecule has 18 heavy (non-hydrogen) atoms. The number of likely N-dealkylation sites (tertiary alicyclic amines) is 2. The first-order valence-electron chi connectivity index (χ1n) is 7.20. The number of nitrogens with zero attached hydrogens (tertiary/aromatic N) is 2. The molecule has 0 saturated carbocycles. The summed E-state index contributed by atoms with van der Waals surface area (Å²) in [6, 6.07) is 0.539. The summed E-state index contributed by atoms with van der Waals surface area (Å²) in [5.74, 6) is 0.648. The van der Waals surface area contributed by atoms with Gasteiger partial charge in [0.2, 0.25) is 0 Å². The molecular weight excluding hydrogens is 228 g/mol. The van der Waals surface area contributed by atoms with Gasteiger partial charge in [0.05, 0.1) is 6.10 Å². The molecule has 0 spiro atoms. The van der Waals surface area contributed by atoms with Crippen molar-refractivity contribution in [3.05, 3.63) is 0 Å². The van der Waals surface area contributed by atoms with Crippen LogP contribution < -0.4 is 0 Å². The zero-order valence-corrected chi connectivity index (χ0v) is 11.9. The number of carbonyl (C=O) groups excluding carboxylic acids is 1. The van der Waals surface area contributed by atoms with Crippen LogP contribution in [-0.4, -0.2) is 54.7 Å². The zero-order valence-electron chi connectivity index (χ0n) is 11.9. The van der Waals surface area contributed by atoms with Gasteiger partial charge in [-0.05, 0) is 38.5 Å². The summed E-state index contributed by atoms with van der Waals surface area (Å²) >= 11 is 0. The summed E-state index contributed by atoms with van der Waals surface area (Å²) in [4.78, 5) is 16.6. The van der Waals surface area contributed by atoms with E-state index in [1.54, 1.807) is 7.11 Å². The predicted molar refractivity (Wildman–Crippen MR) is 71.6 cm³/mol. The van der Waals surface area contributed by atoms with Crippen molar-refractivity contribution < 1.29 is 9.53 Å². The molecule has 2 amide bonds. The molecule has 2 aliphatic heterocycles. The predicted octanol–water partition coefficient (Wildman–Crippen LogP) is 2.34. The fraction of sp³-hybridized carbons (Fsp3) is 0.929. The monoisotopic (exact) mass is 254 g/mol. The second-order valence-corrected chi connectivity index (χ2v) is 5.90. The third kappa shape index (κ3) is 2.97. The summed E-state index contributed by atoms with van der Waals surface area (Å²) in [6.45, 7) is 7.07. The lowest BCUT2D eigenvalue weighted by atomic mass is 9.99. The second kappa shape index (κ2) is 5.91. The van der Waals surface area contributed by atoms with Gasteiger partial charge in [0.15, 0.2) is 0 Å². The Bertz CT molecular complexity index is 296. The van der Waals surface area contributed by atoms with E-state index in [9.17, 15) is 4.79 Å². The number of hydrogen-bond donors (Lipinski definition) is 0. The maximum Gasteiger partial charge on any atom is 0.320 e. The molecule has 0 aromatic carbocycles. The Balaban J connectivity index is 1.92. The molecule has 0 aromatic rings. The maximum absolute atomic E-state index is 12.5. The minimum atomic E-state index is 0.239. The van der Waals surface area contributed by atoms with Crippen molar-refractivity contribution in [1.82, 2.24) is 9.80 Å². The molecule has 0 radical (unpaired) electrons. The highest BCUT2D eigenvalue weighted by Crippen LogP contribution is 2.23. The molecule has 4 nitrogen and oxygen atoms in total. The van der Waals surface area contributed by atoms with Gasteiger partial charge in [0.1, 0.15) is 0 Å². The fourth-order valence-corrected chi connectivity index (χ4v) is 3.17. The fourth-order valence-electron chi connectivity index (χ4n) is 3.17. The number of methoxy groups -OCH3 is 1. The zero-order chi connectivity index (χ0) is 13.1. The lowest BCUT2D eigenvalue weighted by molar-refractivity contribution is 0.0205. The Labute approximate surface area is 110 Å². The molecule has 0 N–H and O–H groups in total. The second-order valence-electron chi connectivity index (χ2n) is 5.90. The van der Waals surface area contributed by atoms with Crippen molar-refractivity contribution in [2.24, 2.45) is 5.92 Å². The van der Waals surface area contributed by atoms with E-state index in [1.807, 2.05) is 9.80 Å². The van der Waals surface area contributed by atoms with Crippen LogP contribution in [0.2, 0.25) is 0 Å². The van der Waals surface area contributed by atoms with Crippen LogP contribution in [0.1, 0.15) is 39.5 Å². The van der Waals surface area contributed by atoms with E-state index in [4.69, 9.17) is 4.74 Å². The van der Waals surface area contributed by atoms with Crippen LogP contribution in [0.3, 0.4) is 0 Å². The maximum atomic E-state index is 12.5. The summed E-state index contributed by atoms with van der Waals surface area (Å²) < 4.78 is 5.40. The summed E-state index contributed by atoms with van der Waals surface area (Å²) in [5.41, 5.74) is 0. The highest BCUT2D eigenvalue weighted by Gasteiger charge is 2.32. The van der Waals surface area contributed by atoms with Gasteiger partial charge in [0, 0.05) is 32.8 Å². The summed E-state index contributed by atoms with van der Waals surface area (Å²) in [7, 11) is 1.77. The Morgan fingerprint density at radius 3 is 2.61 bits per heavy atom. The van der Waals surface area contributed by atoms with Crippen LogP contribution in [0.5, 0.6) is 0 Å². The van der Waals surface area contributed by atoms with E-state index < -0.39 is 0 Å². The van der Waals surface area contributed by atoms with Crippen LogP contribution in [-0.2, 0) is 4.74 Å². The van der Waals surface area contributed by atoms with E-state index in [0.29, 0.717) is 18.1 Å². The number of rotatable bonds is 1. The highest BCUT2D eigenvalue weighted by molar-refractivity contribution is 5.75. The summed E-state index contributed by atoms with van der Waals surface area (Å²) in [5, 5.41) is 0. The SMILES string of the molecule is COC1CCN(C(=O)N2CCCC(C)C2)C(C)C1. The first-order chi connectivity index (χ1) is 8.61. The average molecular weight is 254 g/mol. The molecule has 0 bridgehead atoms. The molecule has 2 rings (SSSR count). The van der Waals surface area contributed by atoms with Crippen molar-refractivity contribution in [2.75, 3.05) is 26.7 Å². The van der Waals surface area contributed by atoms with E-state index >= 15 is 0 Å². The van der Waals surface area contributed by atoms with Crippen molar-refractivity contribution in [2.45, 2.75) is 51.7 Å². The van der Waals surface area contributed by atoms with Gasteiger partial charge in [-0.25, -0.2) is 4.79 Å². The Hall–Kier alpha value is -0.770. The minimum Gasteiger partial charge on any atom is -0.381 e. The normalized spacial score (nSPS) is 33.6. The molecule has 4 heteroatoms. The van der Waals surface area contributed by atoms with Gasteiger partial charge in [-0.2, -0.15) is 0 Å². The molecule has 3 atom stereocenters. The van der Waals surface area contributed by atoms with Gasteiger partial charge in [-0.1, -0.05) is 6.92 Å². The van der Waals surface area contributed by atoms with E-state index in [0.717, 1.165) is 38.9 Å². The average Bonchev–Trinajstić information content (AvgIpc) is 2.37. The molecule has 3 unspecified atom stereocenters. The molecule has 0 aliphatic carbocycles. The third-order valence-electron chi connectivity index (χ3n) is 4.33. The van der Waals surface area contributed by atoms with E-state index in [1.165, 1.54) is 6.42 Å². The molecule has 104 valence electrons. The van der Waals surface area contributed by atoms with Gasteiger partial charge in [-0.15, -0.1) is 0 Å². The summed E-state index contributed by atoms with van der Waals surface area (Å²) in [6.07, 6.45) is 4.66. The minimum absolute atomic E-state index is 0.239. The van der Waals surface area contributed by atoms with Crippen LogP contribution in [0, 0.1) is 5.92 Å². The number of ether oxygens (including phenoxy) is 1. The van der Waals surface area contributed by atoms with Gasteiger partial charge < -0.3 is 14.5 Å². The van der Waals surface area contributed by atoms with Crippen LogP contribution >= 0.6 is 0 Å². The molecule has 0 aromatic heterocycles. The molecular formula is C14H26N2O2. The van der Waals surface area contributed by atoms with Crippen LogP contribution in [0.4, 0.5) is 4.79 Å². The smallest absolute Gasteiger partial charge is 0.320 e. The number of piperidine rings is 2.